The highest BCUT2D eigenvalue weighted by atomic mass is 32.2. The van der Waals surface area contributed by atoms with Crippen molar-refractivity contribution in [2.24, 2.45) is 0 Å². The molecule has 1 amide bonds. The van der Waals surface area contributed by atoms with Gasteiger partial charge in [-0.2, -0.15) is 4.31 Å². The molecule has 1 heterocycles. The molecule has 0 radical (unpaired) electrons. The number of amides is 1. The highest BCUT2D eigenvalue weighted by molar-refractivity contribution is 7.89. The van der Waals surface area contributed by atoms with Gasteiger partial charge < -0.3 is 19.5 Å². The van der Waals surface area contributed by atoms with Crippen molar-refractivity contribution in [3.8, 4) is 5.75 Å². The number of anilines is 1. The maximum Gasteiger partial charge on any atom is 0.337 e. The van der Waals surface area contributed by atoms with Crippen molar-refractivity contribution in [3.05, 3.63) is 53.1 Å². The van der Waals surface area contributed by atoms with Crippen LogP contribution >= 0.6 is 0 Å². The predicted octanol–water partition coefficient (Wildman–Crippen LogP) is 3.09. The van der Waals surface area contributed by atoms with Crippen LogP contribution < -0.4 is 10.1 Å². The van der Waals surface area contributed by atoms with Crippen LogP contribution in [0.25, 0.3) is 0 Å². The monoisotopic (exact) mass is 504 g/mol. The zero-order valence-electron chi connectivity index (χ0n) is 19.8. The van der Waals surface area contributed by atoms with E-state index < -0.39 is 27.9 Å². The number of benzene rings is 2. The number of nitrogens with one attached hydrogen (secondary N) is 1. The van der Waals surface area contributed by atoms with Gasteiger partial charge in [-0.25, -0.2) is 18.0 Å². The van der Waals surface area contributed by atoms with Gasteiger partial charge in [-0.1, -0.05) is 12.8 Å². The number of hydrogen-bond donors (Lipinski definition) is 1. The largest absolute Gasteiger partial charge is 0.496 e. The molecule has 0 unspecified atom stereocenters. The summed E-state index contributed by atoms with van der Waals surface area (Å²) in [6.45, 7) is 0.846. The summed E-state index contributed by atoms with van der Waals surface area (Å²) in [7, 11) is -0.0691. The van der Waals surface area contributed by atoms with Crippen molar-refractivity contribution in [2.45, 2.75) is 30.6 Å². The smallest absolute Gasteiger partial charge is 0.337 e. The molecule has 1 aliphatic heterocycles. The van der Waals surface area contributed by atoms with Crippen LogP contribution in [0.5, 0.6) is 5.75 Å². The Morgan fingerprint density at radius 3 is 1.91 bits per heavy atom. The lowest BCUT2D eigenvalue weighted by molar-refractivity contribution is 0.0598. The summed E-state index contributed by atoms with van der Waals surface area (Å²) in [4.78, 5) is 37.2. The minimum absolute atomic E-state index is 0.0218. The molecule has 0 spiro atoms. The molecule has 1 aliphatic rings. The van der Waals surface area contributed by atoms with Gasteiger partial charge in [0.15, 0.2) is 0 Å². The van der Waals surface area contributed by atoms with E-state index in [-0.39, 0.29) is 33.0 Å². The molecular formula is C24H28N2O8S. The fourth-order valence-electron chi connectivity index (χ4n) is 3.83. The summed E-state index contributed by atoms with van der Waals surface area (Å²) < 4.78 is 42.6. The molecule has 0 atom stereocenters. The Labute approximate surface area is 204 Å². The molecule has 0 aliphatic carbocycles. The summed E-state index contributed by atoms with van der Waals surface area (Å²) in [6, 6.07) is 8.04. The third-order valence-electron chi connectivity index (χ3n) is 5.65. The van der Waals surface area contributed by atoms with Gasteiger partial charge in [0, 0.05) is 18.8 Å². The minimum Gasteiger partial charge on any atom is -0.496 e. The molecule has 2 aromatic carbocycles. The number of rotatable bonds is 7. The second-order valence-corrected chi connectivity index (χ2v) is 9.85. The van der Waals surface area contributed by atoms with Crippen LogP contribution in [0.2, 0.25) is 0 Å². The molecule has 1 N–H and O–H groups in total. The number of ether oxygens (including phenoxy) is 3. The summed E-state index contributed by atoms with van der Waals surface area (Å²) in [5.41, 5.74) is 0.137. The van der Waals surface area contributed by atoms with E-state index in [9.17, 15) is 22.8 Å². The number of carbonyl (C=O) groups is 3. The van der Waals surface area contributed by atoms with E-state index in [1.165, 1.54) is 62.0 Å². The summed E-state index contributed by atoms with van der Waals surface area (Å²) >= 11 is 0. The molecule has 0 saturated carbocycles. The number of sulfonamides is 1. The molecule has 1 saturated heterocycles. The van der Waals surface area contributed by atoms with Crippen molar-refractivity contribution in [1.29, 1.82) is 0 Å². The van der Waals surface area contributed by atoms with Crippen LogP contribution in [0.1, 0.15) is 56.8 Å². The van der Waals surface area contributed by atoms with E-state index in [1.807, 2.05) is 0 Å². The SMILES string of the molecule is COC(=O)c1cc(NC(=O)c2cc(S(=O)(=O)N3CCCCCC3)ccc2OC)cc(C(=O)OC)c1. The molecule has 0 aromatic heterocycles. The maximum atomic E-state index is 13.2. The molecular weight excluding hydrogens is 476 g/mol. The van der Waals surface area contributed by atoms with Gasteiger partial charge in [-0.15, -0.1) is 0 Å². The number of esters is 2. The fraction of sp³-hybridized carbons (Fsp3) is 0.375. The normalized spacial score (nSPS) is 14.5. The Bertz CT molecular complexity index is 1180. The van der Waals surface area contributed by atoms with Crippen LogP contribution in [-0.4, -0.2) is 65.0 Å². The zero-order chi connectivity index (χ0) is 25.6. The Morgan fingerprint density at radius 1 is 0.829 bits per heavy atom. The molecule has 0 bridgehead atoms. The third kappa shape index (κ3) is 5.98. The first-order valence-electron chi connectivity index (χ1n) is 11.0. The fourth-order valence-corrected chi connectivity index (χ4v) is 5.37. The average molecular weight is 505 g/mol. The van der Waals surface area contributed by atoms with Crippen molar-refractivity contribution < 1.29 is 37.0 Å². The summed E-state index contributed by atoms with van der Waals surface area (Å²) in [6.07, 6.45) is 3.50. The molecule has 188 valence electrons. The van der Waals surface area contributed by atoms with Crippen LogP contribution in [0.15, 0.2) is 41.3 Å². The molecule has 2 aromatic rings. The van der Waals surface area contributed by atoms with E-state index in [0.29, 0.717) is 13.1 Å². The van der Waals surface area contributed by atoms with Crippen molar-refractivity contribution in [3.63, 3.8) is 0 Å². The lowest BCUT2D eigenvalue weighted by atomic mass is 10.1. The Balaban J connectivity index is 1.97. The van der Waals surface area contributed by atoms with Gasteiger partial charge >= 0.3 is 11.9 Å². The first-order chi connectivity index (χ1) is 16.7. The first-order valence-corrected chi connectivity index (χ1v) is 12.5. The van der Waals surface area contributed by atoms with Gasteiger partial charge in [0.1, 0.15) is 5.75 Å². The van der Waals surface area contributed by atoms with E-state index in [4.69, 9.17) is 14.2 Å². The van der Waals surface area contributed by atoms with Gasteiger partial charge in [-0.05, 0) is 49.2 Å². The predicted molar refractivity (Wildman–Crippen MR) is 127 cm³/mol. The molecule has 3 rings (SSSR count). The van der Waals surface area contributed by atoms with Crippen molar-refractivity contribution in [1.82, 2.24) is 4.31 Å². The first kappa shape index (κ1) is 26.2. The van der Waals surface area contributed by atoms with Crippen molar-refractivity contribution in [2.75, 3.05) is 39.7 Å². The van der Waals surface area contributed by atoms with Gasteiger partial charge in [0.2, 0.25) is 10.0 Å². The zero-order valence-corrected chi connectivity index (χ0v) is 20.6. The second kappa shape index (κ2) is 11.3. The summed E-state index contributed by atoms with van der Waals surface area (Å²) in [5.74, 6) is -1.95. The number of nitrogens with zero attached hydrogens (tertiary/aromatic N) is 1. The Kier molecular flexibility index (Phi) is 8.47. The minimum atomic E-state index is -3.81. The maximum absolute atomic E-state index is 13.2. The summed E-state index contributed by atoms with van der Waals surface area (Å²) in [5, 5.41) is 2.60. The van der Waals surface area contributed by atoms with Crippen LogP contribution in [-0.2, 0) is 19.5 Å². The van der Waals surface area contributed by atoms with Gasteiger partial charge in [0.25, 0.3) is 5.91 Å². The highest BCUT2D eigenvalue weighted by Crippen LogP contribution is 2.27. The van der Waals surface area contributed by atoms with Crippen molar-refractivity contribution >= 4 is 33.6 Å². The standard InChI is InChI=1S/C24H28N2O8S/c1-32-21-9-8-19(35(30,31)26-10-6-4-5-7-11-26)15-20(21)22(27)25-18-13-16(23(28)33-2)12-17(14-18)24(29)34-3/h8-9,12-15H,4-7,10-11H2,1-3H3,(H,25,27). The van der Waals surface area contributed by atoms with E-state index in [1.54, 1.807) is 0 Å². The topological polar surface area (TPSA) is 128 Å². The lowest BCUT2D eigenvalue weighted by Gasteiger charge is -2.20. The van der Waals surface area contributed by atoms with E-state index in [2.05, 4.69) is 5.32 Å². The molecule has 35 heavy (non-hydrogen) atoms. The van der Waals surface area contributed by atoms with Gasteiger partial charge in [-0.3, -0.25) is 4.79 Å². The Morgan fingerprint density at radius 2 is 1.40 bits per heavy atom. The molecule has 11 heteroatoms. The second-order valence-electron chi connectivity index (χ2n) is 7.92. The quantitative estimate of drug-likeness (QED) is 0.570. The lowest BCUT2D eigenvalue weighted by Crippen LogP contribution is -2.32. The molecule has 1 fully saturated rings. The average Bonchev–Trinajstić information content (AvgIpc) is 3.17. The highest BCUT2D eigenvalue weighted by Gasteiger charge is 2.27. The van der Waals surface area contributed by atoms with Gasteiger partial charge in [0.05, 0.1) is 42.9 Å². The van der Waals surface area contributed by atoms with Crippen LogP contribution in [0.3, 0.4) is 0 Å². The Hall–Kier alpha value is -3.44. The van der Waals surface area contributed by atoms with E-state index in [0.717, 1.165) is 25.7 Å². The number of carbonyl (C=O) groups excluding carboxylic acids is 3. The van der Waals surface area contributed by atoms with Crippen LogP contribution in [0.4, 0.5) is 5.69 Å². The third-order valence-corrected chi connectivity index (χ3v) is 7.55. The van der Waals surface area contributed by atoms with E-state index >= 15 is 0 Å². The number of hydrogen-bond acceptors (Lipinski definition) is 8. The number of methoxy groups -OCH3 is 3. The van der Waals surface area contributed by atoms with Crippen LogP contribution in [0, 0.1) is 0 Å². The molecule has 10 nitrogen and oxygen atoms in total.